The Morgan fingerprint density at radius 3 is 2.31 bits per heavy atom. The second-order valence-corrected chi connectivity index (χ2v) is 10.0. The molecule has 2 rings (SSSR count). The lowest BCUT2D eigenvalue weighted by Gasteiger charge is -2.38. The lowest BCUT2D eigenvalue weighted by Crippen LogP contribution is -2.48. The van der Waals surface area contributed by atoms with Crippen molar-refractivity contribution in [2.45, 2.75) is 63.6 Å². The van der Waals surface area contributed by atoms with Crippen molar-refractivity contribution in [1.29, 1.82) is 0 Å². The van der Waals surface area contributed by atoms with Crippen molar-refractivity contribution in [3.63, 3.8) is 0 Å². The third-order valence-electron chi connectivity index (χ3n) is 5.44. The Labute approximate surface area is 170 Å². The molecule has 1 amide bonds. The van der Waals surface area contributed by atoms with Gasteiger partial charge in [0.2, 0.25) is 5.91 Å². The molecule has 2 aliphatic rings. The molecule has 29 heavy (non-hydrogen) atoms. The van der Waals surface area contributed by atoms with Crippen molar-refractivity contribution in [1.82, 2.24) is 9.80 Å². The highest BCUT2D eigenvalue weighted by molar-refractivity contribution is 7.90. The molecule has 0 bridgehead atoms. The SMILES string of the molecule is CCCCN1CCCC2(CCC(=O)N2CCS(C)(=O)=O)CC1.O=C(O)C(F)(F)F. The maximum Gasteiger partial charge on any atom is 0.490 e. The van der Waals surface area contributed by atoms with Crippen LogP contribution in [0.4, 0.5) is 13.2 Å². The summed E-state index contributed by atoms with van der Waals surface area (Å²) in [5.74, 6) is -2.53. The van der Waals surface area contributed by atoms with Crippen LogP contribution in [0.2, 0.25) is 0 Å². The maximum absolute atomic E-state index is 12.2. The number of amides is 1. The number of hydrogen-bond acceptors (Lipinski definition) is 5. The molecule has 1 N–H and O–H groups in total. The first-order valence-electron chi connectivity index (χ1n) is 9.81. The van der Waals surface area contributed by atoms with E-state index in [9.17, 15) is 26.4 Å². The standard InChI is InChI=1S/C16H30N2O3S.C2HF3O2/c1-3-4-10-17-11-5-7-16(9-12-17)8-6-15(19)18(16)13-14-22(2,20)21;3-2(4,5)1(6)7/h3-14H2,1-2H3;(H,6,7). The van der Waals surface area contributed by atoms with Gasteiger partial charge in [-0.3, -0.25) is 4.79 Å². The summed E-state index contributed by atoms with van der Waals surface area (Å²) in [6.07, 6.45) is 3.20. The van der Waals surface area contributed by atoms with Gasteiger partial charge in [-0.1, -0.05) is 13.3 Å². The zero-order valence-electron chi connectivity index (χ0n) is 17.0. The molecule has 0 radical (unpaired) electrons. The van der Waals surface area contributed by atoms with Gasteiger partial charge in [0.1, 0.15) is 9.84 Å². The molecular weight excluding hydrogens is 413 g/mol. The number of rotatable bonds is 6. The molecule has 2 aliphatic heterocycles. The lowest BCUT2D eigenvalue weighted by molar-refractivity contribution is -0.192. The monoisotopic (exact) mass is 444 g/mol. The van der Waals surface area contributed by atoms with Crippen LogP contribution in [-0.4, -0.2) is 85.1 Å². The number of halogens is 3. The smallest absolute Gasteiger partial charge is 0.475 e. The fraction of sp³-hybridized carbons (Fsp3) is 0.889. The minimum atomic E-state index is -5.08. The van der Waals surface area contributed by atoms with Crippen molar-refractivity contribution >= 4 is 21.7 Å². The molecule has 1 unspecified atom stereocenters. The van der Waals surface area contributed by atoms with Gasteiger partial charge in [0, 0.05) is 31.3 Å². The van der Waals surface area contributed by atoms with Crippen LogP contribution >= 0.6 is 0 Å². The first-order valence-corrected chi connectivity index (χ1v) is 11.9. The normalized spacial score (nSPS) is 23.6. The number of sulfone groups is 1. The summed E-state index contributed by atoms with van der Waals surface area (Å²) in [7, 11) is -3.03. The van der Waals surface area contributed by atoms with Gasteiger partial charge in [0.15, 0.2) is 0 Å². The average molecular weight is 445 g/mol. The largest absolute Gasteiger partial charge is 0.490 e. The minimum Gasteiger partial charge on any atom is -0.475 e. The van der Waals surface area contributed by atoms with E-state index in [0.29, 0.717) is 13.0 Å². The molecule has 1 atom stereocenters. The number of unbranched alkanes of at least 4 members (excludes halogenated alkanes) is 1. The van der Waals surface area contributed by atoms with E-state index in [0.717, 1.165) is 45.3 Å². The van der Waals surface area contributed by atoms with E-state index < -0.39 is 22.0 Å². The number of carbonyl (C=O) groups excluding carboxylic acids is 1. The van der Waals surface area contributed by atoms with E-state index in [-0.39, 0.29) is 17.2 Å². The Bertz CT molecular complexity index is 669. The van der Waals surface area contributed by atoms with Crippen LogP contribution in [0.15, 0.2) is 0 Å². The second kappa shape index (κ2) is 10.6. The first-order chi connectivity index (χ1) is 13.3. The van der Waals surface area contributed by atoms with Crippen LogP contribution in [0.5, 0.6) is 0 Å². The highest BCUT2D eigenvalue weighted by Gasteiger charge is 2.45. The highest BCUT2D eigenvalue weighted by atomic mass is 32.2. The van der Waals surface area contributed by atoms with Gasteiger partial charge >= 0.3 is 12.1 Å². The van der Waals surface area contributed by atoms with Crippen LogP contribution in [0, 0.1) is 0 Å². The average Bonchev–Trinajstić information content (AvgIpc) is 2.76. The summed E-state index contributed by atoms with van der Waals surface area (Å²) in [6, 6.07) is 0. The summed E-state index contributed by atoms with van der Waals surface area (Å²) >= 11 is 0. The van der Waals surface area contributed by atoms with Crippen LogP contribution in [0.3, 0.4) is 0 Å². The topological polar surface area (TPSA) is 95.0 Å². The van der Waals surface area contributed by atoms with Gasteiger partial charge in [-0.25, -0.2) is 13.2 Å². The van der Waals surface area contributed by atoms with Crippen molar-refractivity contribution in [2.24, 2.45) is 0 Å². The maximum atomic E-state index is 12.2. The Kier molecular flexibility index (Phi) is 9.39. The molecule has 0 aromatic carbocycles. The number of hydrogen-bond donors (Lipinski definition) is 1. The van der Waals surface area contributed by atoms with E-state index >= 15 is 0 Å². The molecule has 0 aromatic rings. The highest BCUT2D eigenvalue weighted by Crippen LogP contribution is 2.39. The zero-order chi connectivity index (χ0) is 22.3. The summed E-state index contributed by atoms with van der Waals surface area (Å²) in [5.41, 5.74) is -0.0806. The third kappa shape index (κ3) is 8.49. The molecule has 170 valence electrons. The summed E-state index contributed by atoms with van der Waals surface area (Å²) in [5, 5.41) is 7.12. The predicted octanol–water partition coefficient (Wildman–Crippen LogP) is 2.31. The van der Waals surface area contributed by atoms with E-state index in [2.05, 4.69) is 11.8 Å². The number of alkyl halides is 3. The summed E-state index contributed by atoms with van der Waals surface area (Å²) in [4.78, 5) is 25.6. The molecule has 7 nitrogen and oxygen atoms in total. The van der Waals surface area contributed by atoms with E-state index in [1.165, 1.54) is 19.1 Å². The van der Waals surface area contributed by atoms with Crippen LogP contribution in [0.1, 0.15) is 51.9 Å². The number of carbonyl (C=O) groups is 2. The molecule has 11 heteroatoms. The quantitative estimate of drug-likeness (QED) is 0.676. The van der Waals surface area contributed by atoms with E-state index in [4.69, 9.17) is 9.90 Å². The van der Waals surface area contributed by atoms with Crippen molar-refractivity contribution < 1.29 is 36.3 Å². The van der Waals surface area contributed by atoms with Gasteiger partial charge in [0.25, 0.3) is 0 Å². The second-order valence-electron chi connectivity index (χ2n) is 7.75. The third-order valence-corrected chi connectivity index (χ3v) is 6.37. The van der Waals surface area contributed by atoms with E-state index in [1.54, 1.807) is 0 Å². The Morgan fingerprint density at radius 2 is 1.79 bits per heavy atom. The van der Waals surface area contributed by atoms with Crippen molar-refractivity contribution in [3.05, 3.63) is 0 Å². The lowest BCUT2D eigenvalue weighted by atomic mass is 9.88. The van der Waals surface area contributed by atoms with Gasteiger partial charge < -0.3 is 14.9 Å². The number of nitrogens with zero attached hydrogens (tertiary/aromatic N) is 2. The molecule has 2 fully saturated rings. The molecule has 2 heterocycles. The summed E-state index contributed by atoms with van der Waals surface area (Å²) in [6.45, 7) is 5.86. The van der Waals surface area contributed by atoms with Gasteiger partial charge in [0.05, 0.1) is 5.75 Å². The Hall–Kier alpha value is -1.36. The van der Waals surface area contributed by atoms with Crippen LogP contribution in [-0.2, 0) is 19.4 Å². The Balaban J connectivity index is 0.000000516. The van der Waals surface area contributed by atoms with Gasteiger partial charge in [-0.2, -0.15) is 13.2 Å². The molecule has 1 spiro atoms. The Morgan fingerprint density at radius 1 is 1.17 bits per heavy atom. The summed E-state index contributed by atoms with van der Waals surface area (Å²) < 4.78 is 54.7. The predicted molar refractivity (Wildman–Crippen MR) is 102 cm³/mol. The molecule has 0 saturated carbocycles. The fourth-order valence-electron chi connectivity index (χ4n) is 3.85. The van der Waals surface area contributed by atoms with Gasteiger partial charge in [-0.05, 0) is 45.2 Å². The first kappa shape index (κ1) is 25.7. The molecule has 2 saturated heterocycles. The number of aliphatic carboxylic acids is 1. The number of carboxylic acids is 1. The zero-order valence-corrected chi connectivity index (χ0v) is 17.8. The van der Waals surface area contributed by atoms with Crippen molar-refractivity contribution in [2.75, 3.05) is 38.2 Å². The van der Waals surface area contributed by atoms with Crippen LogP contribution < -0.4 is 0 Å². The van der Waals surface area contributed by atoms with Gasteiger partial charge in [-0.15, -0.1) is 0 Å². The molecule has 0 aliphatic carbocycles. The number of carboxylic acid groups (broad SMARTS) is 1. The van der Waals surface area contributed by atoms with Crippen LogP contribution in [0.25, 0.3) is 0 Å². The molecular formula is C18H31F3N2O5S. The van der Waals surface area contributed by atoms with E-state index in [1.807, 2.05) is 4.90 Å². The van der Waals surface area contributed by atoms with Crippen molar-refractivity contribution in [3.8, 4) is 0 Å². The molecule has 0 aromatic heterocycles. The fourth-order valence-corrected chi connectivity index (χ4v) is 4.37. The minimum absolute atomic E-state index is 0.0806. The number of likely N-dealkylation sites (tertiary alicyclic amines) is 2.